The number of morpholine rings is 1. The molecule has 0 saturated carbocycles. The molecule has 1 atom stereocenters. The van der Waals surface area contributed by atoms with Crippen LogP contribution < -0.4 is 0 Å². The first kappa shape index (κ1) is 17.7. The molecule has 1 aromatic rings. The second kappa shape index (κ2) is 8.82. The van der Waals surface area contributed by atoms with E-state index in [0.29, 0.717) is 26.3 Å². The molecule has 1 amide bonds. The number of allylic oxidation sites excluding steroid dienone is 1. The summed E-state index contributed by atoms with van der Waals surface area (Å²) in [7, 11) is 1.72. The van der Waals surface area contributed by atoms with Crippen molar-refractivity contribution >= 4 is 11.5 Å². The van der Waals surface area contributed by atoms with Gasteiger partial charge in [-0.2, -0.15) is 0 Å². The third-order valence-corrected chi connectivity index (χ3v) is 4.00. The molecule has 5 nitrogen and oxygen atoms in total. The molecule has 5 heteroatoms. The fourth-order valence-electron chi connectivity index (χ4n) is 2.63. The standard InChI is InChI=1S/C18H26N2O3/c1-15(16-6-4-3-5-7-16)12-18(22)19(2)13-17(21)14-20-8-10-23-11-9-20/h3-7,12,17,21H,8-11,13-14H2,1-2H3/b15-12-. The van der Waals surface area contributed by atoms with Gasteiger partial charge in [0.15, 0.2) is 0 Å². The van der Waals surface area contributed by atoms with Crippen molar-refractivity contribution in [3.8, 4) is 0 Å². The number of likely N-dealkylation sites (N-methyl/N-ethyl adjacent to an activating group) is 1. The Bertz CT molecular complexity index is 524. The number of β-amino-alcohol motifs (C(OH)–C–C–N with tert-alkyl or cyclic N) is 1. The van der Waals surface area contributed by atoms with Gasteiger partial charge in [-0.05, 0) is 18.1 Å². The summed E-state index contributed by atoms with van der Waals surface area (Å²) in [6, 6.07) is 9.81. The lowest BCUT2D eigenvalue weighted by Crippen LogP contribution is -2.44. The topological polar surface area (TPSA) is 53.0 Å². The molecular formula is C18H26N2O3. The lowest BCUT2D eigenvalue weighted by molar-refractivity contribution is -0.126. The number of hydrogen-bond acceptors (Lipinski definition) is 4. The van der Waals surface area contributed by atoms with Crippen LogP contribution in [0.1, 0.15) is 12.5 Å². The predicted octanol–water partition coefficient (Wildman–Crippen LogP) is 1.24. The molecule has 1 heterocycles. The molecule has 126 valence electrons. The first-order chi connectivity index (χ1) is 11.1. The smallest absolute Gasteiger partial charge is 0.246 e. The van der Waals surface area contributed by atoms with Crippen molar-refractivity contribution in [2.75, 3.05) is 46.4 Å². The van der Waals surface area contributed by atoms with Gasteiger partial charge in [0.25, 0.3) is 0 Å². The maximum Gasteiger partial charge on any atom is 0.246 e. The normalized spacial score (nSPS) is 17.8. The lowest BCUT2D eigenvalue weighted by Gasteiger charge is -2.29. The van der Waals surface area contributed by atoms with Crippen molar-refractivity contribution in [3.63, 3.8) is 0 Å². The number of aliphatic hydroxyl groups is 1. The number of rotatable bonds is 6. The second-order valence-electron chi connectivity index (χ2n) is 5.98. The van der Waals surface area contributed by atoms with Gasteiger partial charge >= 0.3 is 0 Å². The summed E-state index contributed by atoms with van der Waals surface area (Å²) in [5, 5.41) is 10.2. The minimum absolute atomic E-state index is 0.0904. The van der Waals surface area contributed by atoms with Crippen LogP contribution in [0.2, 0.25) is 0 Å². The van der Waals surface area contributed by atoms with Crippen LogP contribution in [0.15, 0.2) is 36.4 Å². The van der Waals surface area contributed by atoms with Crippen molar-refractivity contribution in [2.24, 2.45) is 0 Å². The Morgan fingerprint density at radius 1 is 1.35 bits per heavy atom. The van der Waals surface area contributed by atoms with Crippen LogP contribution in [-0.2, 0) is 9.53 Å². The van der Waals surface area contributed by atoms with E-state index in [1.807, 2.05) is 37.3 Å². The first-order valence-electron chi connectivity index (χ1n) is 8.03. The number of hydrogen-bond donors (Lipinski definition) is 1. The van der Waals surface area contributed by atoms with Gasteiger partial charge in [0, 0.05) is 39.3 Å². The zero-order valence-corrected chi connectivity index (χ0v) is 13.9. The van der Waals surface area contributed by atoms with E-state index >= 15 is 0 Å². The van der Waals surface area contributed by atoms with E-state index in [0.717, 1.165) is 24.2 Å². The average Bonchev–Trinajstić information content (AvgIpc) is 2.56. The largest absolute Gasteiger partial charge is 0.390 e. The van der Waals surface area contributed by atoms with E-state index in [-0.39, 0.29) is 5.91 Å². The highest BCUT2D eigenvalue weighted by atomic mass is 16.5. The average molecular weight is 318 g/mol. The molecule has 0 radical (unpaired) electrons. The molecule has 23 heavy (non-hydrogen) atoms. The highest BCUT2D eigenvalue weighted by Crippen LogP contribution is 2.13. The van der Waals surface area contributed by atoms with Gasteiger partial charge in [0.2, 0.25) is 5.91 Å². The van der Waals surface area contributed by atoms with Gasteiger partial charge in [-0.25, -0.2) is 0 Å². The Morgan fingerprint density at radius 3 is 2.65 bits per heavy atom. The number of carbonyl (C=O) groups is 1. The SMILES string of the molecule is C/C(=C/C(=O)N(C)CC(O)CN1CCOCC1)c1ccccc1. The fourth-order valence-corrected chi connectivity index (χ4v) is 2.63. The van der Waals surface area contributed by atoms with E-state index in [2.05, 4.69) is 4.90 Å². The molecule has 1 aliphatic rings. The Hall–Kier alpha value is -1.69. The fraction of sp³-hybridized carbons (Fsp3) is 0.500. The van der Waals surface area contributed by atoms with Gasteiger partial charge in [-0.15, -0.1) is 0 Å². The van der Waals surface area contributed by atoms with E-state index in [4.69, 9.17) is 4.74 Å². The Labute approximate surface area is 138 Å². The highest BCUT2D eigenvalue weighted by Gasteiger charge is 2.17. The molecule has 2 rings (SSSR count). The van der Waals surface area contributed by atoms with Gasteiger partial charge < -0.3 is 14.7 Å². The Kier molecular flexibility index (Phi) is 6.77. The van der Waals surface area contributed by atoms with Crippen LogP contribution in [0.25, 0.3) is 5.57 Å². The maximum atomic E-state index is 12.3. The van der Waals surface area contributed by atoms with Crippen molar-refractivity contribution in [1.82, 2.24) is 9.80 Å². The molecule has 0 aromatic heterocycles. The number of carbonyl (C=O) groups excluding carboxylic acids is 1. The lowest BCUT2D eigenvalue weighted by atomic mass is 10.1. The van der Waals surface area contributed by atoms with Crippen LogP contribution in [0.5, 0.6) is 0 Å². The molecule has 1 aromatic carbocycles. The zero-order chi connectivity index (χ0) is 16.7. The van der Waals surface area contributed by atoms with Gasteiger partial charge in [0.05, 0.1) is 19.3 Å². The summed E-state index contributed by atoms with van der Waals surface area (Å²) in [6.45, 7) is 5.91. The van der Waals surface area contributed by atoms with E-state index in [9.17, 15) is 9.90 Å². The van der Waals surface area contributed by atoms with Crippen LogP contribution in [0, 0.1) is 0 Å². The van der Waals surface area contributed by atoms with E-state index in [1.54, 1.807) is 18.0 Å². The molecule has 1 N–H and O–H groups in total. The Balaban J connectivity index is 1.84. The molecule has 1 fully saturated rings. The third kappa shape index (κ3) is 5.78. The van der Waals surface area contributed by atoms with Crippen molar-refractivity contribution in [2.45, 2.75) is 13.0 Å². The second-order valence-corrected chi connectivity index (χ2v) is 5.98. The summed E-state index contributed by atoms with van der Waals surface area (Å²) >= 11 is 0. The molecule has 1 aliphatic heterocycles. The maximum absolute atomic E-state index is 12.3. The summed E-state index contributed by atoms with van der Waals surface area (Å²) < 4.78 is 5.29. The third-order valence-electron chi connectivity index (χ3n) is 4.00. The van der Waals surface area contributed by atoms with Crippen molar-refractivity contribution < 1.29 is 14.6 Å². The molecule has 1 saturated heterocycles. The molecule has 0 aliphatic carbocycles. The summed E-state index contributed by atoms with van der Waals surface area (Å²) in [6.07, 6.45) is 1.07. The van der Waals surface area contributed by atoms with Crippen molar-refractivity contribution in [1.29, 1.82) is 0 Å². The highest BCUT2D eigenvalue weighted by molar-refractivity contribution is 5.94. The van der Waals surface area contributed by atoms with Gasteiger partial charge in [0.1, 0.15) is 0 Å². The van der Waals surface area contributed by atoms with Gasteiger partial charge in [-0.1, -0.05) is 30.3 Å². The van der Waals surface area contributed by atoms with Crippen molar-refractivity contribution in [3.05, 3.63) is 42.0 Å². The van der Waals surface area contributed by atoms with Crippen LogP contribution in [0.4, 0.5) is 0 Å². The zero-order valence-electron chi connectivity index (χ0n) is 13.9. The first-order valence-corrected chi connectivity index (χ1v) is 8.03. The number of ether oxygens (including phenoxy) is 1. The minimum Gasteiger partial charge on any atom is -0.390 e. The number of nitrogens with zero attached hydrogens (tertiary/aromatic N) is 2. The van der Waals surface area contributed by atoms with E-state index < -0.39 is 6.10 Å². The van der Waals surface area contributed by atoms with Crippen LogP contribution in [0.3, 0.4) is 0 Å². The summed E-state index contributed by atoms with van der Waals surface area (Å²) in [4.78, 5) is 16.0. The number of benzene rings is 1. The monoisotopic (exact) mass is 318 g/mol. The summed E-state index contributed by atoms with van der Waals surface area (Å²) in [5.41, 5.74) is 1.95. The molecule has 1 unspecified atom stereocenters. The Morgan fingerprint density at radius 2 is 2.00 bits per heavy atom. The minimum atomic E-state index is -0.549. The molecular weight excluding hydrogens is 292 g/mol. The quantitative estimate of drug-likeness (QED) is 0.802. The van der Waals surface area contributed by atoms with Crippen LogP contribution in [-0.4, -0.2) is 73.4 Å². The number of aliphatic hydroxyl groups excluding tert-OH is 1. The van der Waals surface area contributed by atoms with Gasteiger partial charge in [-0.3, -0.25) is 9.69 Å². The number of amides is 1. The van der Waals surface area contributed by atoms with E-state index in [1.165, 1.54) is 0 Å². The molecule has 0 bridgehead atoms. The molecule has 0 spiro atoms. The predicted molar refractivity (Wildman–Crippen MR) is 91.0 cm³/mol. The summed E-state index contributed by atoms with van der Waals surface area (Å²) in [5.74, 6) is -0.0904. The van der Waals surface area contributed by atoms with Crippen LogP contribution >= 0.6 is 0 Å².